The highest BCUT2D eigenvalue weighted by atomic mass is 79.9. The summed E-state index contributed by atoms with van der Waals surface area (Å²) in [5.41, 5.74) is 6.58. The van der Waals surface area contributed by atoms with Crippen molar-refractivity contribution in [3.63, 3.8) is 0 Å². The Bertz CT molecular complexity index is 498. The van der Waals surface area contributed by atoms with E-state index in [1.165, 1.54) is 38.5 Å². The molecule has 2 saturated carbocycles. The van der Waals surface area contributed by atoms with Crippen LogP contribution in [0.25, 0.3) is 0 Å². The highest BCUT2D eigenvalue weighted by Crippen LogP contribution is 2.52. The van der Waals surface area contributed by atoms with Crippen molar-refractivity contribution in [1.29, 1.82) is 0 Å². The van der Waals surface area contributed by atoms with Crippen LogP contribution in [-0.2, 0) is 0 Å². The van der Waals surface area contributed by atoms with Gasteiger partial charge in [0.2, 0.25) is 0 Å². The topological polar surface area (TPSA) is 44.5 Å². The molecule has 0 radical (unpaired) electrons. The van der Waals surface area contributed by atoms with Gasteiger partial charge < -0.3 is 15.2 Å². The van der Waals surface area contributed by atoms with Gasteiger partial charge in [-0.25, -0.2) is 0 Å². The Morgan fingerprint density at radius 2 is 1.90 bits per heavy atom. The van der Waals surface area contributed by atoms with Gasteiger partial charge in [-0.2, -0.15) is 0 Å². The lowest BCUT2D eigenvalue weighted by molar-refractivity contribution is -0.0773. The van der Waals surface area contributed by atoms with Gasteiger partial charge >= 0.3 is 0 Å². The van der Waals surface area contributed by atoms with Crippen LogP contribution in [0.1, 0.15) is 44.9 Å². The van der Waals surface area contributed by atoms with Crippen molar-refractivity contribution in [1.82, 2.24) is 0 Å². The molecule has 1 spiro atoms. The minimum Gasteiger partial charge on any atom is -0.497 e. The lowest BCUT2D eigenvalue weighted by atomic mass is 9.58. The summed E-state index contributed by atoms with van der Waals surface area (Å²) in [5, 5.41) is 0. The first-order valence-corrected chi connectivity index (χ1v) is 8.71. The maximum Gasteiger partial charge on any atom is 0.134 e. The molecular formula is C17H24BrNO2. The van der Waals surface area contributed by atoms with Gasteiger partial charge in [0.15, 0.2) is 0 Å². The summed E-state index contributed by atoms with van der Waals surface area (Å²) in [4.78, 5) is 0. The first kappa shape index (κ1) is 15.2. The van der Waals surface area contributed by atoms with Crippen LogP contribution in [0.2, 0.25) is 0 Å². The van der Waals surface area contributed by atoms with Crippen LogP contribution in [0.15, 0.2) is 22.7 Å². The van der Waals surface area contributed by atoms with Crippen molar-refractivity contribution in [2.45, 2.75) is 57.1 Å². The number of rotatable bonds is 3. The van der Waals surface area contributed by atoms with Crippen molar-refractivity contribution >= 4 is 15.9 Å². The van der Waals surface area contributed by atoms with Crippen molar-refractivity contribution in [2.75, 3.05) is 7.11 Å². The van der Waals surface area contributed by atoms with Crippen LogP contribution in [0.3, 0.4) is 0 Å². The summed E-state index contributed by atoms with van der Waals surface area (Å²) in [6.07, 6.45) is 8.92. The summed E-state index contributed by atoms with van der Waals surface area (Å²) in [6.45, 7) is 0. The van der Waals surface area contributed by atoms with Crippen LogP contribution in [0, 0.1) is 5.41 Å². The molecule has 2 N–H and O–H groups in total. The Morgan fingerprint density at radius 1 is 1.19 bits per heavy atom. The van der Waals surface area contributed by atoms with E-state index in [0.717, 1.165) is 22.4 Å². The number of halogens is 1. The van der Waals surface area contributed by atoms with E-state index in [1.54, 1.807) is 7.11 Å². The smallest absolute Gasteiger partial charge is 0.134 e. The van der Waals surface area contributed by atoms with E-state index in [0.29, 0.717) is 6.04 Å². The fraction of sp³-hybridized carbons (Fsp3) is 0.647. The number of ether oxygens (including phenoxy) is 2. The first-order valence-electron chi connectivity index (χ1n) is 7.91. The molecule has 21 heavy (non-hydrogen) atoms. The van der Waals surface area contributed by atoms with E-state index in [1.807, 2.05) is 18.2 Å². The molecule has 0 heterocycles. The van der Waals surface area contributed by atoms with Crippen molar-refractivity contribution in [3.05, 3.63) is 22.7 Å². The van der Waals surface area contributed by atoms with Gasteiger partial charge in [0.1, 0.15) is 17.6 Å². The minimum absolute atomic E-state index is 0.204. The summed E-state index contributed by atoms with van der Waals surface area (Å²) < 4.78 is 12.5. The van der Waals surface area contributed by atoms with E-state index in [-0.39, 0.29) is 11.5 Å². The third-order valence-electron chi connectivity index (χ3n) is 5.29. The zero-order valence-electron chi connectivity index (χ0n) is 12.6. The lowest BCUT2D eigenvalue weighted by Gasteiger charge is -2.54. The van der Waals surface area contributed by atoms with Crippen LogP contribution in [-0.4, -0.2) is 19.3 Å². The van der Waals surface area contributed by atoms with Gasteiger partial charge in [0.05, 0.1) is 11.6 Å². The largest absolute Gasteiger partial charge is 0.497 e. The first-order chi connectivity index (χ1) is 10.2. The van der Waals surface area contributed by atoms with Crippen molar-refractivity contribution in [3.8, 4) is 11.5 Å². The number of benzene rings is 1. The summed E-state index contributed by atoms with van der Waals surface area (Å²) in [5.74, 6) is 1.74. The minimum atomic E-state index is 0.204. The standard InChI is InChI=1S/C17H24BrNO2/c1-20-12-6-7-14(13(18)10-12)21-16-11-15(19)17(16)8-4-2-3-5-9-17/h6-7,10,15-16H,2-5,8-9,11,19H2,1H3. The van der Waals surface area contributed by atoms with Crippen LogP contribution in [0.4, 0.5) is 0 Å². The summed E-state index contributed by atoms with van der Waals surface area (Å²) in [6, 6.07) is 6.18. The number of nitrogens with two attached hydrogens (primary N) is 1. The van der Waals surface area contributed by atoms with Crippen LogP contribution < -0.4 is 15.2 Å². The van der Waals surface area contributed by atoms with Crippen molar-refractivity contribution in [2.24, 2.45) is 11.1 Å². The van der Waals surface area contributed by atoms with Gasteiger partial charge in [-0.1, -0.05) is 25.7 Å². The van der Waals surface area contributed by atoms with Gasteiger partial charge in [-0.3, -0.25) is 0 Å². The normalized spacial score (nSPS) is 27.8. The Kier molecular flexibility index (Phi) is 4.46. The van der Waals surface area contributed by atoms with Crippen LogP contribution >= 0.6 is 15.9 Å². The average molecular weight is 354 g/mol. The van der Waals surface area contributed by atoms with Crippen LogP contribution in [0.5, 0.6) is 11.5 Å². The Balaban J connectivity index is 1.75. The summed E-state index contributed by atoms with van der Waals surface area (Å²) in [7, 11) is 1.67. The Morgan fingerprint density at radius 3 is 2.48 bits per heavy atom. The highest BCUT2D eigenvalue weighted by Gasteiger charge is 2.54. The molecule has 3 nitrogen and oxygen atoms in total. The van der Waals surface area contributed by atoms with Gasteiger partial charge in [0.25, 0.3) is 0 Å². The quantitative estimate of drug-likeness (QED) is 0.881. The fourth-order valence-electron chi connectivity index (χ4n) is 3.88. The molecule has 0 amide bonds. The predicted molar refractivity (Wildman–Crippen MR) is 87.8 cm³/mol. The molecule has 4 heteroatoms. The van der Waals surface area contributed by atoms with E-state index in [4.69, 9.17) is 15.2 Å². The van der Waals surface area contributed by atoms with E-state index < -0.39 is 0 Å². The highest BCUT2D eigenvalue weighted by molar-refractivity contribution is 9.10. The molecule has 1 aromatic rings. The van der Waals surface area contributed by atoms with Crippen molar-refractivity contribution < 1.29 is 9.47 Å². The molecule has 2 aliphatic rings. The number of hydrogen-bond acceptors (Lipinski definition) is 3. The third-order valence-corrected chi connectivity index (χ3v) is 5.91. The molecule has 116 valence electrons. The molecule has 0 aliphatic heterocycles. The fourth-order valence-corrected chi connectivity index (χ4v) is 4.33. The number of methoxy groups -OCH3 is 1. The molecule has 0 bridgehead atoms. The molecule has 0 saturated heterocycles. The second-order valence-corrected chi connectivity index (χ2v) is 7.25. The Labute approximate surface area is 135 Å². The second-order valence-electron chi connectivity index (χ2n) is 6.39. The monoisotopic (exact) mass is 353 g/mol. The maximum atomic E-state index is 6.37. The van der Waals surface area contributed by atoms with Gasteiger partial charge in [-0.15, -0.1) is 0 Å². The molecular weight excluding hydrogens is 330 g/mol. The third kappa shape index (κ3) is 2.80. The molecule has 3 rings (SSSR count). The molecule has 2 aliphatic carbocycles. The van der Waals surface area contributed by atoms with Gasteiger partial charge in [-0.05, 0) is 47.0 Å². The number of hydrogen-bond donors (Lipinski definition) is 1. The maximum absolute atomic E-state index is 6.37. The molecule has 2 atom stereocenters. The zero-order chi connectivity index (χ0) is 14.9. The predicted octanol–water partition coefficient (Wildman–Crippen LogP) is 4.28. The zero-order valence-corrected chi connectivity index (χ0v) is 14.2. The van der Waals surface area contributed by atoms with Gasteiger partial charge in [0, 0.05) is 17.9 Å². The van der Waals surface area contributed by atoms with E-state index in [2.05, 4.69) is 15.9 Å². The SMILES string of the molecule is COc1ccc(OC2CC(N)C23CCCCCC3)c(Br)c1. The van der Waals surface area contributed by atoms with E-state index in [9.17, 15) is 0 Å². The Hall–Kier alpha value is -0.740. The lowest BCUT2D eigenvalue weighted by Crippen LogP contribution is -2.63. The second kappa shape index (κ2) is 6.17. The molecule has 2 unspecified atom stereocenters. The van der Waals surface area contributed by atoms with E-state index >= 15 is 0 Å². The molecule has 1 aromatic carbocycles. The molecule has 0 aromatic heterocycles. The summed E-state index contributed by atoms with van der Waals surface area (Å²) >= 11 is 3.58. The average Bonchev–Trinajstić information content (AvgIpc) is 2.76. The molecule has 2 fully saturated rings.